The number of hydrogen-bond donors (Lipinski definition) is 2. The summed E-state index contributed by atoms with van der Waals surface area (Å²) in [5.74, 6) is 0.646. The molecule has 0 unspecified atom stereocenters. The molecule has 0 saturated carbocycles. The average molecular weight is 361 g/mol. The lowest BCUT2D eigenvalue weighted by atomic mass is 9.97. The highest BCUT2D eigenvalue weighted by Gasteiger charge is 2.27. The third kappa shape index (κ3) is 4.81. The van der Waals surface area contributed by atoms with Crippen molar-refractivity contribution in [2.45, 2.75) is 12.8 Å². The van der Waals surface area contributed by atoms with Crippen molar-refractivity contribution in [2.75, 3.05) is 57.3 Å². The lowest BCUT2D eigenvalue weighted by Crippen LogP contribution is -2.50. The standard InChI is InChI=1S/C17H27N7O2/c18-16(26)24-7-1-3-14(13-24)15(25)19-6-8-22-9-11-23(12-10-22)17-20-4-2-5-21-17/h2,4-5,14H,1,3,6-13H2,(H2,18,26)(H,19,25)/t14-/m1/s1. The van der Waals surface area contributed by atoms with Crippen molar-refractivity contribution >= 4 is 17.9 Å². The number of amides is 3. The Morgan fingerprint density at radius 3 is 2.58 bits per heavy atom. The Labute approximate surface area is 153 Å². The minimum atomic E-state index is -0.442. The molecular formula is C17H27N7O2. The number of primary amides is 1. The molecule has 1 atom stereocenters. The molecule has 2 aliphatic rings. The van der Waals surface area contributed by atoms with Crippen molar-refractivity contribution in [3.63, 3.8) is 0 Å². The number of nitrogens with one attached hydrogen (secondary N) is 1. The molecule has 3 rings (SSSR count). The van der Waals surface area contributed by atoms with E-state index < -0.39 is 6.03 Å². The molecule has 0 spiro atoms. The van der Waals surface area contributed by atoms with Gasteiger partial charge in [-0.1, -0.05) is 0 Å². The van der Waals surface area contributed by atoms with Crippen molar-refractivity contribution in [1.82, 2.24) is 25.1 Å². The van der Waals surface area contributed by atoms with Crippen LogP contribution in [-0.4, -0.2) is 84.1 Å². The van der Waals surface area contributed by atoms with Crippen LogP contribution in [-0.2, 0) is 4.79 Å². The number of nitrogens with zero attached hydrogens (tertiary/aromatic N) is 5. The average Bonchev–Trinajstić information content (AvgIpc) is 2.69. The van der Waals surface area contributed by atoms with Crippen molar-refractivity contribution in [2.24, 2.45) is 11.7 Å². The van der Waals surface area contributed by atoms with Gasteiger partial charge in [0.25, 0.3) is 0 Å². The van der Waals surface area contributed by atoms with Crippen LogP contribution in [0.2, 0.25) is 0 Å². The van der Waals surface area contributed by atoms with E-state index in [0.29, 0.717) is 19.6 Å². The Balaban J connectivity index is 1.35. The fourth-order valence-electron chi connectivity index (χ4n) is 3.50. The van der Waals surface area contributed by atoms with E-state index in [4.69, 9.17) is 5.73 Å². The zero-order chi connectivity index (χ0) is 18.4. The van der Waals surface area contributed by atoms with Gasteiger partial charge in [-0.15, -0.1) is 0 Å². The molecule has 9 heteroatoms. The molecule has 2 aliphatic heterocycles. The number of piperidine rings is 1. The topological polar surface area (TPSA) is 108 Å². The summed E-state index contributed by atoms with van der Waals surface area (Å²) in [6.45, 7) is 6.13. The first-order chi connectivity index (χ1) is 12.6. The number of carbonyl (C=O) groups excluding carboxylic acids is 2. The molecule has 26 heavy (non-hydrogen) atoms. The summed E-state index contributed by atoms with van der Waals surface area (Å²) < 4.78 is 0. The van der Waals surface area contributed by atoms with Crippen LogP contribution in [0.1, 0.15) is 12.8 Å². The first kappa shape index (κ1) is 18.4. The summed E-state index contributed by atoms with van der Waals surface area (Å²) in [5, 5.41) is 3.00. The number of anilines is 1. The van der Waals surface area contributed by atoms with Gasteiger partial charge in [-0.2, -0.15) is 0 Å². The number of likely N-dealkylation sites (tertiary alicyclic amines) is 1. The van der Waals surface area contributed by atoms with Gasteiger partial charge in [0.05, 0.1) is 5.92 Å². The predicted octanol–water partition coefficient (Wildman–Crippen LogP) is -0.494. The van der Waals surface area contributed by atoms with E-state index in [0.717, 1.165) is 51.5 Å². The van der Waals surface area contributed by atoms with Crippen LogP contribution in [0, 0.1) is 5.92 Å². The maximum absolute atomic E-state index is 12.3. The van der Waals surface area contributed by atoms with E-state index in [1.807, 2.05) is 6.07 Å². The van der Waals surface area contributed by atoms with E-state index in [2.05, 4.69) is 25.1 Å². The smallest absolute Gasteiger partial charge is 0.314 e. The fourth-order valence-corrected chi connectivity index (χ4v) is 3.50. The van der Waals surface area contributed by atoms with Gasteiger partial charge in [-0.05, 0) is 18.9 Å². The Morgan fingerprint density at radius 2 is 1.88 bits per heavy atom. The number of hydrogen-bond acceptors (Lipinski definition) is 6. The van der Waals surface area contributed by atoms with Crippen molar-refractivity contribution in [1.29, 1.82) is 0 Å². The third-order valence-corrected chi connectivity index (χ3v) is 5.04. The van der Waals surface area contributed by atoms with Crippen LogP contribution in [0.25, 0.3) is 0 Å². The number of rotatable bonds is 5. The van der Waals surface area contributed by atoms with E-state index in [1.165, 1.54) is 0 Å². The molecule has 142 valence electrons. The quantitative estimate of drug-likeness (QED) is 0.732. The zero-order valence-electron chi connectivity index (χ0n) is 15.0. The number of nitrogens with two attached hydrogens (primary N) is 1. The summed E-state index contributed by atoms with van der Waals surface area (Å²) in [4.78, 5) is 38.2. The SMILES string of the molecule is NC(=O)N1CCC[C@@H](C(=O)NCCN2CCN(c3ncccn3)CC2)C1. The van der Waals surface area contributed by atoms with Gasteiger partial charge >= 0.3 is 6.03 Å². The highest BCUT2D eigenvalue weighted by atomic mass is 16.2. The van der Waals surface area contributed by atoms with Gasteiger partial charge in [0.15, 0.2) is 0 Å². The molecule has 1 aromatic rings. The van der Waals surface area contributed by atoms with Gasteiger partial charge in [-0.25, -0.2) is 14.8 Å². The monoisotopic (exact) mass is 361 g/mol. The van der Waals surface area contributed by atoms with Gasteiger partial charge in [0.1, 0.15) is 0 Å². The Hall–Kier alpha value is -2.42. The highest BCUT2D eigenvalue weighted by molar-refractivity contribution is 5.80. The van der Waals surface area contributed by atoms with Crippen LogP contribution in [0.3, 0.4) is 0 Å². The van der Waals surface area contributed by atoms with Crippen LogP contribution >= 0.6 is 0 Å². The zero-order valence-corrected chi connectivity index (χ0v) is 15.0. The lowest BCUT2D eigenvalue weighted by Gasteiger charge is -2.35. The second kappa shape index (κ2) is 8.79. The van der Waals surface area contributed by atoms with E-state index in [1.54, 1.807) is 17.3 Å². The molecule has 1 aromatic heterocycles. The molecule has 2 fully saturated rings. The summed E-state index contributed by atoms with van der Waals surface area (Å²) in [6.07, 6.45) is 5.15. The fraction of sp³-hybridized carbons (Fsp3) is 0.647. The van der Waals surface area contributed by atoms with E-state index >= 15 is 0 Å². The maximum atomic E-state index is 12.3. The van der Waals surface area contributed by atoms with Crippen LogP contribution in [0.5, 0.6) is 0 Å². The lowest BCUT2D eigenvalue weighted by molar-refractivity contribution is -0.126. The summed E-state index contributed by atoms with van der Waals surface area (Å²) in [5.41, 5.74) is 5.32. The molecule has 3 N–H and O–H groups in total. The van der Waals surface area contributed by atoms with Crippen molar-refractivity contribution < 1.29 is 9.59 Å². The van der Waals surface area contributed by atoms with Gasteiger partial charge in [-0.3, -0.25) is 9.69 Å². The van der Waals surface area contributed by atoms with E-state index in [-0.39, 0.29) is 11.8 Å². The minimum Gasteiger partial charge on any atom is -0.355 e. The number of urea groups is 1. The Bertz CT molecular complexity index is 604. The number of aromatic nitrogens is 2. The number of piperazine rings is 1. The summed E-state index contributed by atoms with van der Waals surface area (Å²) in [6, 6.07) is 1.37. The molecule has 3 amide bonds. The molecule has 0 aliphatic carbocycles. The Morgan fingerprint density at radius 1 is 1.15 bits per heavy atom. The maximum Gasteiger partial charge on any atom is 0.314 e. The molecule has 0 aromatic carbocycles. The number of carbonyl (C=O) groups is 2. The van der Waals surface area contributed by atoms with Gasteiger partial charge in [0.2, 0.25) is 11.9 Å². The third-order valence-electron chi connectivity index (χ3n) is 5.04. The highest BCUT2D eigenvalue weighted by Crippen LogP contribution is 2.16. The van der Waals surface area contributed by atoms with Crippen LogP contribution < -0.4 is 16.0 Å². The molecule has 0 radical (unpaired) electrons. The second-order valence-electron chi connectivity index (χ2n) is 6.79. The Kier molecular flexibility index (Phi) is 6.21. The molecular weight excluding hydrogens is 334 g/mol. The molecule has 3 heterocycles. The molecule has 9 nitrogen and oxygen atoms in total. The van der Waals surface area contributed by atoms with Crippen LogP contribution in [0.4, 0.5) is 10.7 Å². The van der Waals surface area contributed by atoms with E-state index in [9.17, 15) is 9.59 Å². The van der Waals surface area contributed by atoms with Gasteiger partial charge < -0.3 is 20.9 Å². The summed E-state index contributed by atoms with van der Waals surface area (Å²) >= 11 is 0. The second-order valence-corrected chi connectivity index (χ2v) is 6.79. The normalized spacial score (nSPS) is 21.5. The minimum absolute atomic E-state index is 0.0206. The summed E-state index contributed by atoms with van der Waals surface area (Å²) in [7, 11) is 0. The largest absolute Gasteiger partial charge is 0.355 e. The van der Waals surface area contributed by atoms with Crippen molar-refractivity contribution in [3.8, 4) is 0 Å². The predicted molar refractivity (Wildman–Crippen MR) is 97.6 cm³/mol. The van der Waals surface area contributed by atoms with Crippen molar-refractivity contribution in [3.05, 3.63) is 18.5 Å². The van der Waals surface area contributed by atoms with Crippen LogP contribution in [0.15, 0.2) is 18.5 Å². The molecule has 0 bridgehead atoms. The first-order valence-electron chi connectivity index (χ1n) is 9.20. The first-order valence-corrected chi connectivity index (χ1v) is 9.20. The molecule has 2 saturated heterocycles. The van der Waals surface area contributed by atoms with Gasteiger partial charge in [0, 0.05) is 64.8 Å².